The van der Waals surface area contributed by atoms with E-state index >= 15 is 0 Å². The first-order chi connectivity index (χ1) is 9.88. The zero-order valence-corrected chi connectivity index (χ0v) is 11.7. The SMILES string of the molecule is Cc1cc(N)ccc1C(=O)Nc1ccc([N+](=O)[O-])c(C)c1. The second-order valence-corrected chi connectivity index (χ2v) is 4.79. The minimum Gasteiger partial charge on any atom is -0.399 e. The molecular formula is C15H15N3O3. The number of hydrogen-bond donors (Lipinski definition) is 2. The average molecular weight is 285 g/mol. The van der Waals surface area contributed by atoms with Gasteiger partial charge in [0, 0.05) is 28.6 Å². The van der Waals surface area contributed by atoms with Crippen LogP contribution in [0.25, 0.3) is 0 Å². The van der Waals surface area contributed by atoms with Gasteiger partial charge in [0.1, 0.15) is 0 Å². The maximum Gasteiger partial charge on any atom is 0.272 e. The van der Waals surface area contributed by atoms with Crippen molar-refractivity contribution < 1.29 is 9.72 Å². The van der Waals surface area contributed by atoms with Crippen LogP contribution in [0, 0.1) is 24.0 Å². The number of rotatable bonds is 3. The third-order valence-electron chi connectivity index (χ3n) is 3.15. The van der Waals surface area contributed by atoms with Crippen molar-refractivity contribution >= 4 is 23.0 Å². The number of nitrogens with two attached hydrogens (primary N) is 1. The van der Waals surface area contributed by atoms with Crippen LogP contribution in [0.3, 0.4) is 0 Å². The number of amides is 1. The van der Waals surface area contributed by atoms with Crippen LogP contribution in [0.5, 0.6) is 0 Å². The van der Waals surface area contributed by atoms with Crippen LogP contribution >= 0.6 is 0 Å². The Kier molecular flexibility index (Phi) is 3.89. The van der Waals surface area contributed by atoms with Gasteiger partial charge in [-0.2, -0.15) is 0 Å². The lowest BCUT2D eigenvalue weighted by Gasteiger charge is -2.09. The summed E-state index contributed by atoms with van der Waals surface area (Å²) in [5.41, 5.74) is 8.56. The fourth-order valence-electron chi connectivity index (χ4n) is 2.08. The normalized spacial score (nSPS) is 10.2. The lowest BCUT2D eigenvalue weighted by atomic mass is 10.1. The summed E-state index contributed by atoms with van der Waals surface area (Å²) >= 11 is 0. The number of hydrogen-bond acceptors (Lipinski definition) is 4. The van der Waals surface area contributed by atoms with E-state index in [1.165, 1.54) is 12.1 Å². The van der Waals surface area contributed by atoms with Crippen molar-refractivity contribution in [1.82, 2.24) is 0 Å². The molecule has 21 heavy (non-hydrogen) atoms. The van der Waals surface area contributed by atoms with Gasteiger partial charge in [-0.15, -0.1) is 0 Å². The van der Waals surface area contributed by atoms with Crippen LogP contribution in [-0.4, -0.2) is 10.8 Å². The number of carbonyl (C=O) groups is 1. The molecule has 0 aromatic heterocycles. The van der Waals surface area contributed by atoms with Crippen molar-refractivity contribution in [3.8, 4) is 0 Å². The molecule has 0 aliphatic carbocycles. The Morgan fingerprint density at radius 3 is 2.43 bits per heavy atom. The molecule has 0 unspecified atom stereocenters. The van der Waals surface area contributed by atoms with Gasteiger partial charge in [-0.3, -0.25) is 14.9 Å². The third kappa shape index (κ3) is 3.17. The van der Waals surface area contributed by atoms with Gasteiger partial charge in [0.25, 0.3) is 11.6 Å². The Morgan fingerprint density at radius 1 is 1.14 bits per heavy atom. The van der Waals surface area contributed by atoms with Crippen LogP contribution in [0.1, 0.15) is 21.5 Å². The molecule has 6 heteroatoms. The summed E-state index contributed by atoms with van der Waals surface area (Å²) in [6.07, 6.45) is 0. The molecule has 0 saturated heterocycles. The van der Waals surface area contributed by atoms with Crippen molar-refractivity contribution in [2.75, 3.05) is 11.1 Å². The van der Waals surface area contributed by atoms with Crippen molar-refractivity contribution in [2.45, 2.75) is 13.8 Å². The lowest BCUT2D eigenvalue weighted by Crippen LogP contribution is -2.13. The summed E-state index contributed by atoms with van der Waals surface area (Å²) in [4.78, 5) is 22.5. The van der Waals surface area contributed by atoms with Gasteiger partial charge >= 0.3 is 0 Å². The molecule has 0 heterocycles. The summed E-state index contributed by atoms with van der Waals surface area (Å²) in [6.45, 7) is 3.43. The van der Waals surface area contributed by atoms with Gasteiger partial charge in [-0.25, -0.2) is 0 Å². The molecule has 0 fully saturated rings. The molecule has 108 valence electrons. The molecule has 3 N–H and O–H groups in total. The Labute approximate surface area is 121 Å². The minimum atomic E-state index is -0.453. The highest BCUT2D eigenvalue weighted by Crippen LogP contribution is 2.22. The van der Waals surface area contributed by atoms with E-state index in [-0.39, 0.29) is 11.6 Å². The van der Waals surface area contributed by atoms with Crippen LogP contribution in [-0.2, 0) is 0 Å². The Morgan fingerprint density at radius 2 is 1.86 bits per heavy atom. The number of nitrogen functional groups attached to an aromatic ring is 1. The highest BCUT2D eigenvalue weighted by Gasteiger charge is 2.13. The number of nitrogens with zero attached hydrogens (tertiary/aromatic N) is 1. The van der Waals surface area contributed by atoms with E-state index in [9.17, 15) is 14.9 Å². The van der Waals surface area contributed by atoms with Gasteiger partial charge in [0.15, 0.2) is 0 Å². The smallest absolute Gasteiger partial charge is 0.272 e. The van der Waals surface area contributed by atoms with Crippen molar-refractivity contribution in [3.05, 3.63) is 63.2 Å². The first-order valence-electron chi connectivity index (χ1n) is 6.31. The lowest BCUT2D eigenvalue weighted by molar-refractivity contribution is -0.385. The number of nitrogens with one attached hydrogen (secondary N) is 1. The number of anilines is 2. The topological polar surface area (TPSA) is 98.3 Å². The highest BCUT2D eigenvalue weighted by atomic mass is 16.6. The number of carbonyl (C=O) groups excluding carboxylic acids is 1. The van der Waals surface area contributed by atoms with Gasteiger partial charge in [-0.1, -0.05) is 0 Å². The number of aryl methyl sites for hydroxylation is 2. The molecule has 6 nitrogen and oxygen atoms in total. The predicted octanol–water partition coefficient (Wildman–Crippen LogP) is 3.05. The van der Waals surface area contributed by atoms with E-state index in [2.05, 4.69) is 5.32 Å². The maximum atomic E-state index is 12.2. The standard InChI is InChI=1S/C15H15N3O3/c1-9-7-11(16)3-5-13(9)15(19)17-12-4-6-14(18(20)21)10(2)8-12/h3-8H,16H2,1-2H3,(H,17,19). The minimum absolute atomic E-state index is 0.0247. The number of benzene rings is 2. The fraction of sp³-hybridized carbons (Fsp3) is 0.133. The van der Waals surface area contributed by atoms with Gasteiger partial charge in [-0.05, 0) is 49.7 Å². The molecule has 0 spiro atoms. The molecule has 0 aliphatic heterocycles. The predicted molar refractivity (Wildman–Crippen MR) is 81.4 cm³/mol. The average Bonchev–Trinajstić information content (AvgIpc) is 2.37. The summed E-state index contributed by atoms with van der Waals surface area (Å²) < 4.78 is 0. The maximum absolute atomic E-state index is 12.2. The number of nitro benzene ring substituents is 1. The Hall–Kier alpha value is -2.89. The van der Waals surface area contributed by atoms with Crippen molar-refractivity contribution in [2.24, 2.45) is 0 Å². The molecule has 0 aliphatic rings. The van der Waals surface area contributed by atoms with Crippen molar-refractivity contribution in [3.63, 3.8) is 0 Å². The molecule has 2 rings (SSSR count). The van der Waals surface area contributed by atoms with Crippen molar-refractivity contribution in [1.29, 1.82) is 0 Å². The van der Waals surface area contributed by atoms with E-state index in [0.29, 0.717) is 22.5 Å². The van der Waals surface area contributed by atoms with Crippen LogP contribution in [0.2, 0.25) is 0 Å². The first kappa shape index (κ1) is 14.5. The molecule has 0 radical (unpaired) electrons. The van der Waals surface area contributed by atoms with Crippen LogP contribution < -0.4 is 11.1 Å². The van der Waals surface area contributed by atoms with Crippen LogP contribution in [0.15, 0.2) is 36.4 Å². The van der Waals surface area contributed by atoms with Gasteiger partial charge < -0.3 is 11.1 Å². The zero-order valence-electron chi connectivity index (χ0n) is 11.7. The molecule has 2 aromatic carbocycles. The van der Waals surface area contributed by atoms with E-state index in [4.69, 9.17) is 5.73 Å². The summed E-state index contributed by atoms with van der Waals surface area (Å²) in [5, 5.41) is 13.5. The van der Waals surface area contributed by atoms with Crippen LogP contribution in [0.4, 0.5) is 17.1 Å². The quantitative estimate of drug-likeness (QED) is 0.514. The Balaban J connectivity index is 2.23. The summed E-state index contributed by atoms with van der Waals surface area (Å²) in [6, 6.07) is 9.48. The molecule has 0 atom stereocenters. The summed E-state index contributed by atoms with van der Waals surface area (Å²) in [7, 11) is 0. The zero-order chi connectivity index (χ0) is 15.6. The van der Waals surface area contributed by atoms with Gasteiger partial charge in [0.05, 0.1) is 4.92 Å². The fourth-order valence-corrected chi connectivity index (χ4v) is 2.08. The molecule has 1 amide bonds. The molecular weight excluding hydrogens is 270 g/mol. The van der Waals surface area contributed by atoms with E-state index < -0.39 is 4.92 Å². The van der Waals surface area contributed by atoms with E-state index in [1.54, 1.807) is 38.1 Å². The monoisotopic (exact) mass is 285 g/mol. The first-order valence-corrected chi connectivity index (χ1v) is 6.31. The highest BCUT2D eigenvalue weighted by molar-refractivity contribution is 6.05. The summed E-state index contributed by atoms with van der Waals surface area (Å²) in [5.74, 6) is -0.277. The molecule has 2 aromatic rings. The van der Waals surface area contributed by atoms with E-state index in [1.807, 2.05) is 0 Å². The molecule has 0 bridgehead atoms. The van der Waals surface area contributed by atoms with Gasteiger partial charge in [0.2, 0.25) is 0 Å². The molecule has 0 saturated carbocycles. The van der Waals surface area contributed by atoms with E-state index in [0.717, 1.165) is 5.56 Å². The second kappa shape index (κ2) is 5.62. The third-order valence-corrected chi connectivity index (χ3v) is 3.15. The number of nitro groups is 1. The second-order valence-electron chi connectivity index (χ2n) is 4.79. The largest absolute Gasteiger partial charge is 0.399 e. The Bertz CT molecular complexity index is 726.